The van der Waals surface area contributed by atoms with E-state index in [1.807, 2.05) is 6.92 Å². The molecule has 0 spiro atoms. The third kappa shape index (κ3) is 2.92. The first-order valence-electron chi connectivity index (χ1n) is 5.58. The fourth-order valence-electron chi connectivity index (χ4n) is 2.18. The highest BCUT2D eigenvalue weighted by molar-refractivity contribution is 5.78. The van der Waals surface area contributed by atoms with E-state index in [4.69, 9.17) is 4.74 Å². The molecule has 0 bridgehead atoms. The van der Waals surface area contributed by atoms with Gasteiger partial charge in [0.1, 0.15) is 5.54 Å². The second-order valence-corrected chi connectivity index (χ2v) is 4.37. The van der Waals surface area contributed by atoms with E-state index >= 15 is 0 Å². The number of aliphatic carboxylic acids is 1. The molecule has 4 nitrogen and oxygen atoms in total. The Morgan fingerprint density at radius 1 is 1.53 bits per heavy atom. The fourth-order valence-corrected chi connectivity index (χ4v) is 2.18. The molecule has 0 aromatic heterocycles. The molecule has 1 atom stereocenters. The Hall–Kier alpha value is -0.610. The molecule has 1 aliphatic rings. The number of hydrogen-bond acceptors (Lipinski definition) is 3. The van der Waals surface area contributed by atoms with Gasteiger partial charge in [-0.25, -0.2) is 0 Å². The molecule has 4 heteroatoms. The number of rotatable bonds is 5. The number of carboxylic acids is 1. The summed E-state index contributed by atoms with van der Waals surface area (Å²) in [6, 6.07) is 0. The lowest BCUT2D eigenvalue weighted by Gasteiger charge is -2.41. The van der Waals surface area contributed by atoms with Gasteiger partial charge in [0.2, 0.25) is 0 Å². The van der Waals surface area contributed by atoms with Crippen molar-refractivity contribution in [2.24, 2.45) is 0 Å². The van der Waals surface area contributed by atoms with Crippen LogP contribution in [0, 0.1) is 0 Å². The molecule has 1 rings (SSSR count). The first kappa shape index (κ1) is 12.5. The van der Waals surface area contributed by atoms with Crippen molar-refractivity contribution in [2.75, 3.05) is 26.8 Å². The molecular formula is C11H21NO3. The van der Waals surface area contributed by atoms with Crippen LogP contribution in [-0.4, -0.2) is 48.3 Å². The van der Waals surface area contributed by atoms with E-state index in [0.29, 0.717) is 6.61 Å². The Morgan fingerprint density at radius 3 is 2.87 bits per heavy atom. The number of ether oxygens (including phenoxy) is 1. The van der Waals surface area contributed by atoms with Crippen molar-refractivity contribution in [2.45, 2.75) is 38.1 Å². The van der Waals surface area contributed by atoms with Crippen molar-refractivity contribution in [3.8, 4) is 0 Å². The first-order chi connectivity index (χ1) is 7.11. The highest BCUT2D eigenvalue weighted by Crippen LogP contribution is 2.28. The Morgan fingerprint density at radius 2 is 2.27 bits per heavy atom. The third-order valence-electron chi connectivity index (χ3n) is 3.28. The second-order valence-electron chi connectivity index (χ2n) is 4.37. The average molecular weight is 215 g/mol. The highest BCUT2D eigenvalue weighted by Gasteiger charge is 2.40. The van der Waals surface area contributed by atoms with Crippen LogP contribution in [0.4, 0.5) is 0 Å². The van der Waals surface area contributed by atoms with Crippen molar-refractivity contribution in [1.82, 2.24) is 4.90 Å². The molecule has 1 heterocycles. The van der Waals surface area contributed by atoms with Crippen molar-refractivity contribution in [3.63, 3.8) is 0 Å². The monoisotopic (exact) mass is 215 g/mol. The largest absolute Gasteiger partial charge is 0.480 e. The minimum atomic E-state index is -0.695. The Labute approximate surface area is 91.2 Å². The predicted octanol–water partition coefficient (Wildman–Crippen LogP) is 1.35. The summed E-state index contributed by atoms with van der Waals surface area (Å²) in [5, 5.41) is 9.25. The van der Waals surface area contributed by atoms with E-state index < -0.39 is 11.5 Å². The normalized spacial score (nSPS) is 27.9. The zero-order valence-electron chi connectivity index (χ0n) is 9.66. The molecule has 1 fully saturated rings. The molecule has 0 radical (unpaired) electrons. The van der Waals surface area contributed by atoms with Crippen LogP contribution in [-0.2, 0) is 9.53 Å². The van der Waals surface area contributed by atoms with E-state index in [1.165, 1.54) is 0 Å². The van der Waals surface area contributed by atoms with Crippen molar-refractivity contribution < 1.29 is 14.6 Å². The SMILES string of the molecule is COCCCN1CCCCC1(C)C(=O)O. The maximum atomic E-state index is 11.2. The van der Waals surface area contributed by atoms with Crippen molar-refractivity contribution in [1.29, 1.82) is 0 Å². The van der Waals surface area contributed by atoms with Crippen LogP contribution in [0.25, 0.3) is 0 Å². The number of hydrogen-bond donors (Lipinski definition) is 1. The summed E-state index contributed by atoms with van der Waals surface area (Å²) in [6.45, 7) is 4.25. The summed E-state index contributed by atoms with van der Waals surface area (Å²) in [6.07, 6.45) is 3.79. The lowest BCUT2D eigenvalue weighted by atomic mass is 9.88. The van der Waals surface area contributed by atoms with Crippen LogP contribution in [0.1, 0.15) is 32.6 Å². The first-order valence-corrected chi connectivity index (χ1v) is 5.58. The van der Waals surface area contributed by atoms with Gasteiger partial charge in [0.05, 0.1) is 0 Å². The van der Waals surface area contributed by atoms with E-state index in [-0.39, 0.29) is 0 Å². The second kappa shape index (κ2) is 5.47. The number of carboxylic acid groups (broad SMARTS) is 1. The molecule has 0 aromatic rings. The van der Waals surface area contributed by atoms with Gasteiger partial charge in [0, 0.05) is 20.3 Å². The van der Waals surface area contributed by atoms with E-state index in [0.717, 1.165) is 38.8 Å². The molecule has 1 saturated heterocycles. The summed E-state index contributed by atoms with van der Waals surface area (Å²) in [5.41, 5.74) is -0.661. The van der Waals surface area contributed by atoms with Gasteiger partial charge in [-0.2, -0.15) is 0 Å². The quantitative estimate of drug-likeness (QED) is 0.703. The number of methoxy groups -OCH3 is 1. The highest BCUT2D eigenvalue weighted by atomic mass is 16.5. The average Bonchev–Trinajstić information content (AvgIpc) is 2.21. The minimum absolute atomic E-state index is 0.661. The molecule has 0 aliphatic carbocycles. The maximum Gasteiger partial charge on any atom is 0.323 e. The molecule has 0 amide bonds. The zero-order chi connectivity index (χ0) is 11.3. The van der Waals surface area contributed by atoms with Gasteiger partial charge in [0.25, 0.3) is 0 Å². The Kier molecular flexibility index (Phi) is 4.54. The predicted molar refractivity (Wildman–Crippen MR) is 58.0 cm³/mol. The van der Waals surface area contributed by atoms with Gasteiger partial charge in [-0.3, -0.25) is 9.69 Å². The van der Waals surface area contributed by atoms with Crippen LogP contribution in [0.15, 0.2) is 0 Å². The minimum Gasteiger partial charge on any atom is -0.480 e. The van der Waals surface area contributed by atoms with Crippen LogP contribution in [0.2, 0.25) is 0 Å². The van der Waals surface area contributed by atoms with Crippen molar-refractivity contribution >= 4 is 5.97 Å². The van der Waals surface area contributed by atoms with Gasteiger partial charge in [0.15, 0.2) is 0 Å². The topological polar surface area (TPSA) is 49.8 Å². The van der Waals surface area contributed by atoms with Gasteiger partial charge < -0.3 is 9.84 Å². The maximum absolute atomic E-state index is 11.2. The van der Waals surface area contributed by atoms with Gasteiger partial charge in [-0.15, -0.1) is 0 Å². The summed E-state index contributed by atoms with van der Waals surface area (Å²) >= 11 is 0. The molecule has 0 aromatic carbocycles. The molecule has 0 saturated carbocycles. The molecule has 1 aliphatic heterocycles. The standard InChI is InChI=1S/C11H21NO3/c1-11(10(13)14)6-3-4-7-12(11)8-5-9-15-2/h3-9H2,1-2H3,(H,13,14). The van der Waals surface area contributed by atoms with Crippen LogP contribution < -0.4 is 0 Å². The van der Waals surface area contributed by atoms with E-state index in [9.17, 15) is 9.90 Å². The molecule has 1 unspecified atom stereocenters. The van der Waals surface area contributed by atoms with Crippen LogP contribution in [0.3, 0.4) is 0 Å². The number of nitrogens with zero attached hydrogens (tertiary/aromatic N) is 1. The number of carbonyl (C=O) groups is 1. The summed E-state index contributed by atoms with van der Waals surface area (Å²) in [5.74, 6) is -0.695. The molecule has 1 N–H and O–H groups in total. The summed E-state index contributed by atoms with van der Waals surface area (Å²) in [7, 11) is 1.67. The molecule has 88 valence electrons. The number of likely N-dealkylation sites (tertiary alicyclic amines) is 1. The number of piperidine rings is 1. The lowest BCUT2D eigenvalue weighted by molar-refractivity contribution is -0.153. The molecule has 15 heavy (non-hydrogen) atoms. The van der Waals surface area contributed by atoms with Crippen LogP contribution in [0.5, 0.6) is 0 Å². The van der Waals surface area contributed by atoms with E-state index in [1.54, 1.807) is 7.11 Å². The Balaban J connectivity index is 2.53. The summed E-state index contributed by atoms with van der Waals surface area (Å²) in [4.78, 5) is 13.3. The van der Waals surface area contributed by atoms with E-state index in [2.05, 4.69) is 4.90 Å². The Bertz CT molecular complexity index is 220. The molecular weight excluding hydrogens is 194 g/mol. The summed E-state index contributed by atoms with van der Waals surface area (Å²) < 4.78 is 4.99. The van der Waals surface area contributed by atoms with Crippen molar-refractivity contribution in [3.05, 3.63) is 0 Å². The smallest absolute Gasteiger partial charge is 0.323 e. The van der Waals surface area contributed by atoms with Crippen LogP contribution >= 0.6 is 0 Å². The third-order valence-corrected chi connectivity index (χ3v) is 3.28. The van der Waals surface area contributed by atoms with Gasteiger partial charge in [-0.1, -0.05) is 0 Å². The van der Waals surface area contributed by atoms with Gasteiger partial charge >= 0.3 is 5.97 Å². The zero-order valence-corrected chi connectivity index (χ0v) is 9.66. The fraction of sp³-hybridized carbons (Fsp3) is 0.909. The van der Waals surface area contributed by atoms with Gasteiger partial charge in [-0.05, 0) is 39.2 Å². The lowest BCUT2D eigenvalue weighted by Crippen LogP contribution is -2.55.